The van der Waals surface area contributed by atoms with Gasteiger partial charge in [-0.15, -0.1) is 0 Å². The normalized spacial score (nSPS) is 31.9. The van der Waals surface area contributed by atoms with Crippen molar-refractivity contribution in [2.45, 2.75) is 56.2 Å². The van der Waals surface area contributed by atoms with E-state index in [1.165, 1.54) is 0 Å². The number of nitrogens with two attached hydrogens (primary N) is 3. The molecule has 2 rings (SSSR count). The number of primary amides is 1. The van der Waals surface area contributed by atoms with E-state index in [0.29, 0.717) is 38.8 Å². The number of carbonyl (C=O) groups is 2. The molecule has 0 aromatic heterocycles. The second-order valence-corrected chi connectivity index (χ2v) is 5.89. The first kappa shape index (κ1) is 15.1. The molecule has 0 bridgehead atoms. The summed E-state index contributed by atoms with van der Waals surface area (Å²) in [7, 11) is 0. The van der Waals surface area contributed by atoms with Crippen LogP contribution in [0.3, 0.4) is 0 Å². The molecule has 1 saturated carbocycles. The van der Waals surface area contributed by atoms with E-state index in [2.05, 4.69) is 0 Å². The second kappa shape index (κ2) is 5.97. The van der Waals surface area contributed by atoms with Gasteiger partial charge in [0.2, 0.25) is 0 Å². The van der Waals surface area contributed by atoms with Gasteiger partial charge < -0.3 is 26.8 Å². The van der Waals surface area contributed by atoms with Crippen LogP contribution < -0.4 is 17.2 Å². The van der Waals surface area contributed by atoms with Crippen LogP contribution in [0.15, 0.2) is 0 Å². The van der Waals surface area contributed by atoms with Gasteiger partial charge in [0.15, 0.2) is 5.60 Å². The van der Waals surface area contributed by atoms with Crippen molar-refractivity contribution in [2.24, 2.45) is 17.2 Å². The molecule has 0 unspecified atom stereocenters. The molecule has 0 radical (unpaired) electrons. The number of carbonyl (C=O) groups excluding carboxylic acids is 2. The van der Waals surface area contributed by atoms with Gasteiger partial charge in [0.05, 0.1) is 0 Å². The summed E-state index contributed by atoms with van der Waals surface area (Å²) in [5, 5.41) is 0. The number of rotatable bonds is 2. The highest BCUT2D eigenvalue weighted by Gasteiger charge is 2.44. The fraction of sp³-hybridized carbons (Fsp3) is 0.846. The van der Waals surface area contributed by atoms with Crippen molar-refractivity contribution in [1.82, 2.24) is 4.90 Å². The van der Waals surface area contributed by atoms with E-state index >= 15 is 0 Å². The molecule has 114 valence electrons. The van der Waals surface area contributed by atoms with Crippen LogP contribution in [0.4, 0.5) is 4.79 Å². The Morgan fingerprint density at radius 1 is 1.00 bits per heavy atom. The summed E-state index contributed by atoms with van der Waals surface area (Å²) < 4.78 is 5.48. The Balaban J connectivity index is 1.98. The minimum atomic E-state index is -1.19. The Kier molecular flexibility index (Phi) is 4.49. The van der Waals surface area contributed by atoms with Crippen molar-refractivity contribution < 1.29 is 14.3 Å². The second-order valence-electron chi connectivity index (χ2n) is 5.89. The number of piperidine rings is 1. The smallest absolute Gasteiger partial charge is 0.410 e. The summed E-state index contributed by atoms with van der Waals surface area (Å²) in [6, 6.07) is 0.186. The first-order chi connectivity index (χ1) is 9.43. The molecule has 1 heterocycles. The Bertz CT molecular complexity index is 372. The summed E-state index contributed by atoms with van der Waals surface area (Å²) >= 11 is 0. The molecule has 1 aliphatic carbocycles. The lowest BCUT2D eigenvalue weighted by Crippen LogP contribution is -2.54. The number of likely N-dealkylation sites (tertiary alicyclic amines) is 1. The third-order valence-corrected chi connectivity index (χ3v) is 4.37. The lowest BCUT2D eigenvalue weighted by atomic mass is 9.82. The quantitative estimate of drug-likeness (QED) is 0.640. The maximum Gasteiger partial charge on any atom is 0.410 e. The summed E-state index contributed by atoms with van der Waals surface area (Å²) in [6.07, 6.45) is 3.13. The van der Waals surface area contributed by atoms with Crippen molar-refractivity contribution in [3.05, 3.63) is 0 Å². The molecular weight excluding hydrogens is 260 g/mol. The van der Waals surface area contributed by atoms with Crippen LogP contribution in [-0.2, 0) is 9.53 Å². The van der Waals surface area contributed by atoms with Crippen LogP contribution in [0.25, 0.3) is 0 Å². The van der Waals surface area contributed by atoms with Gasteiger partial charge in [0.25, 0.3) is 5.91 Å². The first-order valence-electron chi connectivity index (χ1n) is 7.22. The lowest BCUT2D eigenvalue weighted by molar-refractivity contribution is -0.141. The third kappa shape index (κ3) is 3.21. The molecule has 0 aromatic rings. The molecule has 7 nitrogen and oxygen atoms in total. The van der Waals surface area contributed by atoms with Crippen LogP contribution >= 0.6 is 0 Å². The molecule has 0 aromatic carbocycles. The number of hydrogen-bond acceptors (Lipinski definition) is 5. The Hall–Kier alpha value is -1.34. The Labute approximate surface area is 118 Å². The van der Waals surface area contributed by atoms with Crippen molar-refractivity contribution in [2.75, 3.05) is 13.1 Å². The molecule has 7 heteroatoms. The maximum atomic E-state index is 12.2. The number of amides is 2. The minimum Gasteiger partial charge on any atom is -0.433 e. The fourth-order valence-corrected chi connectivity index (χ4v) is 2.82. The van der Waals surface area contributed by atoms with Crippen molar-refractivity contribution in [3.8, 4) is 0 Å². The highest BCUT2D eigenvalue weighted by atomic mass is 16.6. The summed E-state index contributed by atoms with van der Waals surface area (Å²) in [5.74, 6) is -0.577. The topological polar surface area (TPSA) is 125 Å². The van der Waals surface area contributed by atoms with Crippen LogP contribution in [0.2, 0.25) is 0 Å². The SMILES string of the molecule is NC(=O)C1(OC(=O)N2CCC(N)CC2)CCC(N)CC1. The van der Waals surface area contributed by atoms with E-state index in [4.69, 9.17) is 21.9 Å². The molecule has 1 saturated heterocycles. The van der Waals surface area contributed by atoms with Crippen LogP contribution in [0.1, 0.15) is 38.5 Å². The predicted molar refractivity (Wildman–Crippen MR) is 73.6 cm³/mol. The molecule has 2 fully saturated rings. The molecule has 1 aliphatic heterocycles. The highest BCUT2D eigenvalue weighted by molar-refractivity contribution is 5.86. The van der Waals surface area contributed by atoms with E-state index in [1.54, 1.807) is 4.90 Å². The van der Waals surface area contributed by atoms with E-state index in [0.717, 1.165) is 12.8 Å². The van der Waals surface area contributed by atoms with Gasteiger partial charge in [-0.05, 0) is 38.5 Å². The zero-order valence-electron chi connectivity index (χ0n) is 11.7. The van der Waals surface area contributed by atoms with Gasteiger partial charge >= 0.3 is 6.09 Å². The van der Waals surface area contributed by atoms with E-state index in [9.17, 15) is 9.59 Å². The maximum absolute atomic E-state index is 12.2. The molecule has 2 aliphatic rings. The highest BCUT2D eigenvalue weighted by Crippen LogP contribution is 2.32. The fourth-order valence-electron chi connectivity index (χ4n) is 2.82. The van der Waals surface area contributed by atoms with Crippen molar-refractivity contribution >= 4 is 12.0 Å². The Morgan fingerprint density at radius 3 is 2.00 bits per heavy atom. The summed E-state index contributed by atoms with van der Waals surface area (Å²) in [5.41, 5.74) is 15.9. The monoisotopic (exact) mass is 284 g/mol. The molecular formula is C13H24N4O3. The molecule has 2 amide bonds. The summed E-state index contributed by atoms with van der Waals surface area (Å²) in [4.78, 5) is 25.5. The van der Waals surface area contributed by atoms with Crippen molar-refractivity contribution in [1.29, 1.82) is 0 Å². The van der Waals surface area contributed by atoms with E-state index in [-0.39, 0.29) is 12.1 Å². The number of ether oxygens (including phenoxy) is 1. The molecule has 0 atom stereocenters. The zero-order chi connectivity index (χ0) is 14.8. The standard InChI is InChI=1S/C13H24N4O3/c14-9-1-5-13(6-2-9,11(16)18)20-12(19)17-7-3-10(15)4-8-17/h9-10H,1-8,14-15H2,(H2,16,18). The van der Waals surface area contributed by atoms with Gasteiger partial charge in [-0.3, -0.25) is 4.79 Å². The van der Waals surface area contributed by atoms with Crippen LogP contribution in [-0.4, -0.2) is 47.7 Å². The van der Waals surface area contributed by atoms with Crippen LogP contribution in [0, 0.1) is 0 Å². The molecule has 20 heavy (non-hydrogen) atoms. The third-order valence-electron chi connectivity index (χ3n) is 4.37. The lowest BCUT2D eigenvalue weighted by Gasteiger charge is -2.38. The molecule has 0 spiro atoms. The van der Waals surface area contributed by atoms with Gasteiger partial charge in [-0.2, -0.15) is 0 Å². The van der Waals surface area contributed by atoms with E-state index < -0.39 is 17.6 Å². The van der Waals surface area contributed by atoms with Gasteiger partial charge in [0.1, 0.15) is 0 Å². The van der Waals surface area contributed by atoms with Gasteiger partial charge in [0, 0.05) is 25.2 Å². The van der Waals surface area contributed by atoms with Gasteiger partial charge in [-0.1, -0.05) is 0 Å². The number of hydrogen-bond donors (Lipinski definition) is 3. The first-order valence-corrected chi connectivity index (χ1v) is 7.22. The average Bonchev–Trinajstić information content (AvgIpc) is 2.42. The van der Waals surface area contributed by atoms with Gasteiger partial charge in [-0.25, -0.2) is 4.79 Å². The molecule has 6 N–H and O–H groups in total. The average molecular weight is 284 g/mol. The summed E-state index contributed by atoms with van der Waals surface area (Å²) in [6.45, 7) is 1.13. The van der Waals surface area contributed by atoms with Crippen molar-refractivity contribution in [3.63, 3.8) is 0 Å². The zero-order valence-corrected chi connectivity index (χ0v) is 11.7. The number of nitrogens with zero attached hydrogens (tertiary/aromatic N) is 1. The van der Waals surface area contributed by atoms with Crippen LogP contribution in [0.5, 0.6) is 0 Å². The van der Waals surface area contributed by atoms with E-state index in [1.807, 2.05) is 0 Å². The largest absolute Gasteiger partial charge is 0.433 e. The predicted octanol–water partition coefficient (Wildman–Crippen LogP) is -0.328. The Morgan fingerprint density at radius 2 is 1.50 bits per heavy atom. The minimum absolute atomic E-state index is 0.0502.